The highest BCUT2D eigenvalue weighted by atomic mass is 35.5. The van der Waals surface area contributed by atoms with Gasteiger partial charge in [0.15, 0.2) is 5.13 Å². The Hall–Kier alpha value is -0.330. The van der Waals surface area contributed by atoms with E-state index in [-0.39, 0.29) is 12.4 Å². The van der Waals surface area contributed by atoms with Crippen molar-refractivity contribution in [2.45, 2.75) is 20.0 Å². The minimum atomic E-state index is 0. The normalized spacial score (nSPS) is 10.6. The molecule has 3 nitrogen and oxygen atoms in total. The second-order valence-corrected chi connectivity index (χ2v) is 6.62. The van der Waals surface area contributed by atoms with Gasteiger partial charge in [-0.05, 0) is 18.7 Å². The summed E-state index contributed by atoms with van der Waals surface area (Å²) in [6.45, 7) is 4.96. The van der Waals surface area contributed by atoms with Crippen LogP contribution in [0.1, 0.15) is 16.7 Å². The lowest BCUT2D eigenvalue weighted by molar-refractivity contribution is 0.276. The van der Waals surface area contributed by atoms with Crippen molar-refractivity contribution in [3.63, 3.8) is 0 Å². The Labute approximate surface area is 126 Å². The second kappa shape index (κ2) is 7.31. The molecule has 100 valence electrons. The molecule has 0 aliphatic heterocycles. The lowest BCUT2D eigenvalue weighted by Gasteiger charge is -2.18. The Bertz CT molecular complexity index is 442. The molecule has 0 atom stereocenters. The summed E-state index contributed by atoms with van der Waals surface area (Å²) in [6.07, 6.45) is 1.85. The van der Waals surface area contributed by atoms with Gasteiger partial charge in [0.1, 0.15) is 0 Å². The third kappa shape index (κ3) is 4.40. The van der Waals surface area contributed by atoms with Gasteiger partial charge in [0, 0.05) is 29.0 Å². The SMILES string of the molecule is CCN(Cc1ccc(Cl)s1)Cc1cnc(N)s1.Cl. The third-order valence-electron chi connectivity index (χ3n) is 2.41. The van der Waals surface area contributed by atoms with Gasteiger partial charge in [-0.25, -0.2) is 4.98 Å². The zero-order chi connectivity index (χ0) is 12.3. The quantitative estimate of drug-likeness (QED) is 0.907. The van der Waals surface area contributed by atoms with Gasteiger partial charge in [0.2, 0.25) is 0 Å². The molecular weight excluding hydrogens is 309 g/mol. The molecule has 0 aliphatic carbocycles. The Morgan fingerprint density at radius 3 is 2.50 bits per heavy atom. The summed E-state index contributed by atoms with van der Waals surface area (Å²) in [6, 6.07) is 4.02. The molecule has 2 N–H and O–H groups in total. The minimum Gasteiger partial charge on any atom is -0.375 e. The standard InChI is InChI=1S/C11H14ClN3S2.ClH/c1-2-15(6-8-3-4-10(12)16-8)7-9-5-14-11(13)17-9;/h3-5H,2,6-7H2,1H3,(H2,13,14);1H. The fourth-order valence-electron chi connectivity index (χ4n) is 1.55. The van der Waals surface area contributed by atoms with Crippen LogP contribution >= 0.6 is 46.7 Å². The van der Waals surface area contributed by atoms with Gasteiger partial charge in [0.05, 0.1) is 4.34 Å². The molecule has 0 saturated heterocycles. The van der Waals surface area contributed by atoms with E-state index >= 15 is 0 Å². The fourth-order valence-corrected chi connectivity index (χ4v) is 3.41. The van der Waals surface area contributed by atoms with E-state index in [0.717, 1.165) is 24.0 Å². The molecule has 0 radical (unpaired) electrons. The van der Waals surface area contributed by atoms with Crippen molar-refractivity contribution in [1.29, 1.82) is 0 Å². The van der Waals surface area contributed by atoms with E-state index in [9.17, 15) is 0 Å². The number of nitrogens with two attached hydrogens (primary N) is 1. The van der Waals surface area contributed by atoms with Crippen molar-refractivity contribution in [2.75, 3.05) is 12.3 Å². The molecule has 0 spiro atoms. The van der Waals surface area contributed by atoms with Crippen LogP contribution in [0.15, 0.2) is 18.3 Å². The Kier molecular flexibility index (Phi) is 6.38. The molecule has 0 bridgehead atoms. The number of aromatic nitrogens is 1. The van der Waals surface area contributed by atoms with Crippen molar-refractivity contribution in [3.05, 3.63) is 32.4 Å². The van der Waals surface area contributed by atoms with Gasteiger partial charge in [-0.2, -0.15) is 0 Å². The summed E-state index contributed by atoms with van der Waals surface area (Å²) in [4.78, 5) is 8.90. The molecule has 0 saturated carbocycles. The number of rotatable bonds is 5. The maximum atomic E-state index is 5.93. The largest absolute Gasteiger partial charge is 0.375 e. The lowest BCUT2D eigenvalue weighted by atomic mass is 10.4. The summed E-state index contributed by atoms with van der Waals surface area (Å²) in [5.74, 6) is 0. The highest BCUT2D eigenvalue weighted by Gasteiger charge is 2.08. The molecule has 0 aromatic carbocycles. The van der Waals surface area contributed by atoms with Crippen LogP contribution in [0.25, 0.3) is 0 Å². The first-order valence-electron chi connectivity index (χ1n) is 5.34. The van der Waals surface area contributed by atoms with Crippen LogP contribution in [-0.2, 0) is 13.1 Å². The van der Waals surface area contributed by atoms with Crippen LogP contribution in [0.4, 0.5) is 5.13 Å². The molecule has 2 rings (SSSR count). The second-order valence-electron chi connectivity index (χ2n) is 3.67. The van der Waals surface area contributed by atoms with E-state index in [0.29, 0.717) is 5.13 Å². The van der Waals surface area contributed by atoms with Gasteiger partial charge >= 0.3 is 0 Å². The number of thiazole rings is 1. The zero-order valence-electron chi connectivity index (χ0n) is 9.93. The smallest absolute Gasteiger partial charge is 0.180 e. The molecule has 0 aliphatic rings. The molecule has 0 amide bonds. The molecule has 18 heavy (non-hydrogen) atoms. The van der Waals surface area contributed by atoms with Crippen LogP contribution in [0.3, 0.4) is 0 Å². The first-order chi connectivity index (χ1) is 8.17. The molecule has 2 heterocycles. The van der Waals surface area contributed by atoms with E-state index in [2.05, 4.69) is 22.9 Å². The lowest BCUT2D eigenvalue weighted by Crippen LogP contribution is -2.21. The average molecular weight is 324 g/mol. The minimum absolute atomic E-state index is 0. The third-order valence-corrected chi connectivity index (χ3v) is 4.43. The number of nitrogens with zero attached hydrogens (tertiary/aromatic N) is 2. The summed E-state index contributed by atoms with van der Waals surface area (Å²) in [5, 5.41) is 0.634. The van der Waals surface area contributed by atoms with Gasteiger partial charge in [0.25, 0.3) is 0 Å². The molecule has 0 fully saturated rings. The van der Waals surface area contributed by atoms with Gasteiger partial charge in [-0.15, -0.1) is 35.1 Å². The summed E-state index contributed by atoms with van der Waals surface area (Å²) < 4.78 is 0.845. The highest BCUT2D eigenvalue weighted by molar-refractivity contribution is 7.16. The highest BCUT2D eigenvalue weighted by Crippen LogP contribution is 2.24. The van der Waals surface area contributed by atoms with E-state index in [4.69, 9.17) is 17.3 Å². The number of halogens is 2. The maximum absolute atomic E-state index is 5.93. The number of nitrogen functional groups attached to an aromatic ring is 1. The van der Waals surface area contributed by atoms with Crippen LogP contribution in [0, 0.1) is 0 Å². The van der Waals surface area contributed by atoms with E-state index in [1.807, 2.05) is 12.3 Å². The topological polar surface area (TPSA) is 42.2 Å². The molecule has 2 aromatic rings. The van der Waals surface area contributed by atoms with Crippen molar-refractivity contribution in [3.8, 4) is 0 Å². The first kappa shape index (κ1) is 15.7. The van der Waals surface area contributed by atoms with Gasteiger partial charge in [-0.1, -0.05) is 18.5 Å². The average Bonchev–Trinajstić information content (AvgIpc) is 2.87. The van der Waals surface area contributed by atoms with E-state index < -0.39 is 0 Å². The molecule has 7 heteroatoms. The summed E-state index contributed by atoms with van der Waals surface area (Å²) in [7, 11) is 0. The Morgan fingerprint density at radius 2 is 2.00 bits per heavy atom. The monoisotopic (exact) mass is 323 g/mol. The number of hydrogen-bond acceptors (Lipinski definition) is 5. The number of anilines is 1. The van der Waals surface area contributed by atoms with Gasteiger partial charge in [-0.3, -0.25) is 4.90 Å². The fraction of sp³-hybridized carbons (Fsp3) is 0.364. The van der Waals surface area contributed by atoms with Crippen LogP contribution < -0.4 is 5.73 Å². The van der Waals surface area contributed by atoms with Crippen LogP contribution in [-0.4, -0.2) is 16.4 Å². The van der Waals surface area contributed by atoms with Crippen molar-refractivity contribution in [1.82, 2.24) is 9.88 Å². The Balaban J connectivity index is 0.00000162. The summed E-state index contributed by atoms with van der Waals surface area (Å²) in [5.41, 5.74) is 5.63. The van der Waals surface area contributed by atoms with Crippen molar-refractivity contribution < 1.29 is 0 Å². The van der Waals surface area contributed by atoms with Crippen molar-refractivity contribution in [2.24, 2.45) is 0 Å². The van der Waals surface area contributed by atoms with Crippen LogP contribution in [0.5, 0.6) is 0 Å². The predicted molar refractivity (Wildman–Crippen MR) is 82.9 cm³/mol. The van der Waals surface area contributed by atoms with Gasteiger partial charge < -0.3 is 5.73 Å². The predicted octanol–water partition coefficient (Wildman–Crippen LogP) is 3.88. The number of hydrogen-bond donors (Lipinski definition) is 1. The number of thiophene rings is 1. The first-order valence-corrected chi connectivity index (χ1v) is 7.35. The maximum Gasteiger partial charge on any atom is 0.180 e. The molecular formula is C11H15Cl2N3S2. The van der Waals surface area contributed by atoms with Crippen molar-refractivity contribution >= 4 is 51.8 Å². The van der Waals surface area contributed by atoms with Crippen LogP contribution in [0.2, 0.25) is 4.34 Å². The molecule has 2 aromatic heterocycles. The van der Waals surface area contributed by atoms with E-state index in [1.165, 1.54) is 9.75 Å². The summed E-state index contributed by atoms with van der Waals surface area (Å²) >= 11 is 9.11. The zero-order valence-corrected chi connectivity index (χ0v) is 13.1. The van der Waals surface area contributed by atoms with E-state index in [1.54, 1.807) is 22.7 Å². The molecule has 0 unspecified atom stereocenters. The Morgan fingerprint density at radius 1 is 1.28 bits per heavy atom.